The quantitative estimate of drug-likeness (QED) is 0.867. The van der Waals surface area contributed by atoms with Gasteiger partial charge in [-0.25, -0.2) is 0 Å². The number of benzene rings is 1. The van der Waals surface area contributed by atoms with Gasteiger partial charge in [-0.2, -0.15) is 0 Å². The van der Waals surface area contributed by atoms with Gasteiger partial charge in [-0.05, 0) is 29.9 Å². The third-order valence-electron chi connectivity index (χ3n) is 3.70. The molecule has 2 rings (SSSR count). The van der Waals surface area contributed by atoms with E-state index in [4.69, 9.17) is 10.5 Å². The van der Waals surface area contributed by atoms with Crippen molar-refractivity contribution in [3.63, 3.8) is 0 Å². The van der Waals surface area contributed by atoms with Gasteiger partial charge < -0.3 is 10.5 Å². The van der Waals surface area contributed by atoms with E-state index in [0.29, 0.717) is 5.92 Å². The first kappa shape index (κ1) is 12.6. The fourth-order valence-corrected chi connectivity index (χ4v) is 2.56. The van der Waals surface area contributed by atoms with Crippen LogP contribution in [0.5, 0.6) is 0 Å². The lowest BCUT2D eigenvalue weighted by molar-refractivity contribution is 0.0725. The van der Waals surface area contributed by atoms with Crippen molar-refractivity contribution in [3.05, 3.63) is 35.4 Å². The van der Waals surface area contributed by atoms with Gasteiger partial charge in [0.2, 0.25) is 0 Å². The molecule has 0 aliphatic carbocycles. The molecule has 2 heteroatoms. The summed E-state index contributed by atoms with van der Waals surface area (Å²) < 4.78 is 5.73. The summed E-state index contributed by atoms with van der Waals surface area (Å²) in [5, 5.41) is 0. The summed E-state index contributed by atoms with van der Waals surface area (Å²) in [6.45, 7) is 5.28. The van der Waals surface area contributed by atoms with E-state index in [1.165, 1.54) is 17.5 Å². The molecule has 0 amide bonds. The number of nitrogens with two attached hydrogens (primary N) is 1. The van der Waals surface area contributed by atoms with Crippen molar-refractivity contribution in [1.82, 2.24) is 0 Å². The number of hydrogen-bond acceptors (Lipinski definition) is 2. The minimum atomic E-state index is 0.0168. The second kappa shape index (κ2) is 5.65. The van der Waals surface area contributed by atoms with Crippen molar-refractivity contribution in [2.45, 2.75) is 45.3 Å². The molecule has 1 aliphatic heterocycles. The van der Waals surface area contributed by atoms with Gasteiger partial charge in [0.1, 0.15) is 0 Å². The SMILES string of the molecule is CCCc1ccc(C(N)C2OCCC2C)cc1. The van der Waals surface area contributed by atoms with E-state index in [-0.39, 0.29) is 12.1 Å². The third-order valence-corrected chi connectivity index (χ3v) is 3.70. The third kappa shape index (κ3) is 2.88. The van der Waals surface area contributed by atoms with E-state index in [0.717, 1.165) is 19.4 Å². The molecule has 0 spiro atoms. The summed E-state index contributed by atoms with van der Waals surface area (Å²) in [5.74, 6) is 0.570. The minimum absolute atomic E-state index is 0.0168. The van der Waals surface area contributed by atoms with Crippen LogP contribution in [-0.4, -0.2) is 12.7 Å². The summed E-state index contributed by atoms with van der Waals surface area (Å²) in [6, 6.07) is 8.72. The maximum atomic E-state index is 6.29. The highest BCUT2D eigenvalue weighted by molar-refractivity contribution is 5.26. The first-order valence-electron chi connectivity index (χ1n) is 6.68. The van der Waals surface area contributed by atoms with Crippen LogP contribution in [0.2, 0.25) is 0 Å². The molecule has 0 saturated carbocycles. The fourth-order valence-electron chi connectivity index (χ4n) is 2.56. The van der Waals surface area contributed by atoms with Crippen molar-refractivity contribution in [1.29, 1.82) is 0 Å². The van der Waals surface area contributed by atoms with E-state index in [1.807, 2.05) is 0 Å². The molecule has 1 aliphatic rings. The van der Waals surface area contributed by atoms with Crippen molar-refractivity contribution >= 4 is 0 Å². The van der Waals surface area contributed by atoms with Crippen molar-refractivity contribution in [2.75, 3.05) is 6.61 Å². The van der Waals surface area contributed by atoms with Crippen LogP contribution in [0.25, 0.3) is 0 Å². The monoisotopic (exact) mass is 233 g/mol. The first-order valence-corrected chi connectivity index (χ1v) is 6.68. The summed E-state index contributed by atoms with van der Waals surface area (Å²) in [4.78, 5) is 0. The maximum Gasteiger partial charge on any atom is 0.0793 e. The summed E-state index contributed by atoms with van der Waals surface area (Å²) in [6.07, 6.45) is 3.65. The van der Waals surface area contributed by atoms with Crippen molar-refractivity contribution < 1.29 is 4.74 Å². The molecule has 1 fully saturated rings. The highest BCUT2D eigenvalue weighted by Gasteiger charge is 2.30. The molecule has 17 heavy (non-hydrogen) atoms. The van der Waals surface area contributed by atoms with Gasteiger partial charge >= 0.3 is 0 Å². The average Bonchev–Trinajstić information content (AvgIpc) is 2.76. The number of ether oxygens (including phenoxy) is 1. The van der Waals surface area contributed by atoms with Crippen molar-refractivity contribution in [2.24, 2.45) is 11.7 Å². The van der Waals surface area contributed by atoms with Gasteiger partial charge in [-0.3, -0.25) is 0 Å². The lowest BCUT2D eigenvalue weighted by Gasteiger charge is -2.22. The highest BCUT2D eigenvalue weighted by atomic mass is 16.5. The van der Waals surface area contributed by atoms with E-state index >= 15 is 0 Å². The van der Waals surface area contributed by atoms with Gasteiger partial charge in [0, 0.05) is 6.61 Å². The average molecular weight is 233 g/mol. The van der Waals surface area contributed by atoms with Crippen LogP contribution in [0.15, 0.2) is 24.3 Å². The Morgan fingerprint density at radius 1 is 1.35 bits per heavy atom. The summed E-state index contributed by atoms with van der Waals surface area (Å²) in [7, 11) is 0. The highest BCUT2D eigenvalue weighted by Crippen LogP contribution is 2.29. The molecular weight excluding hydrogens is 210 g/mol. The zero-order chi connectivity index (χ0) is 12.3. The number of aryl methyl sites for hydroxylation is 1. The van der Waals surface area contributed by atoms with Gasteiger partial charge in [-0.15, -0.1) is 0 Å². The molecule has 2 N–H and O–H groups in total. The smallest absolute Gasteiger partial charge is 0.0793 e. The van der Waals surface area contributed by atoms with Gasteiger partial charge in [0.05, 0.1) is 12.1 Å². The van der Waals surface area contributed by atoms with Crippen LogP contribution in [0.1, 0.15) is 43.9 Å². The lowest BCUT2D eigenvalue weighted by atomic mass is 9.92. The Morgan fingerprint density at radius 2 is 2.06 bits per heavy atom. The standard InChI is InChI=1S/C15H23NO/c1-3-4-12-5-7-13(8-6-12)14(16)15-11(2)9-10-17-15/h5-8,11,14-15H,3-4,9-10,16H2,1-2H3. The van der Waals surface area contributed by atoms with Crippen LogP contribution in [0.4, 0.5) is 0 Å². The molecule has 1 heterocycles. The van der Waals surface area contributed by atoms with Crippen molar-refractivity contribution in [3.8, 4) is 0 Å². The molecule has 1 aromatic rings. The van der Waals surface area contributed by atoms with Crippen LogP contribution in [-0.2, 0) is 11.2 Å². The van der Waals surface area contributed by atoms with Gasteiger partial charge in [-0.1, -0.05) is 44.5 Å². The maximum absolute atomic E-state index is 6.29. The molecule has 0 radical (unpaired) electrons. The summed E-state index contributed by atoms with van der Waals surface area (Å²) >= 11 is 0. The van der Waals surface area contributed by atoms with Crippen LogP contribution in [0.3, 0.4) is 0 Å². The van der Waals surface area contributed by atoms with Crippen LogP contribution >= 0.6 is 0 Å². The second-order valence-electron chi connectivity index (χ2n) is 5.12. The molecule has 3 atom stereocenters. The predicted octanol–water partition coefficient (Wildman–Crippen LogP) is 3.06. The molecule has 0 aromatic heterocycles. The second-order valence-corrected chi connectivity index (χ2v) is 5.12. The zero-order valence-electron chi connectivity index (χ0n) is 10.9. The van der Waals surface area contributed by atoms with Gasteiger partial charge in [0.15, 0.2) is 0 Å². The predicted molar refractivity (Wildman–Crippen MR) is 70.9 cm³/mol. The topological polar surface area (TPSA) is 35.2 Å². The Morgan fingerprint density at radius 3 is 2.59 bits per heavy atom. The number of rotatable bonds is 4. The van der Waals surface area contributed by atoms with E-state index < -0.39 is 0 Å². The lowest BCUT2D eigenvalue weighted by Crippen LogP contribution is -2.29. The molecule has 2 nitrogen and oxygen atoms in total. The van der Waals surface area contributed by atoms with E-state index in [2.05, 4.69) is 38.1 Å². The molecule has 0 bridgehead atoms. The molecule has 1 aromatic carbocycles. The van der Waals surface area contributed by atoms with Crippen LogP contribution < -0.4 is 5.73 Å². The number of hydrogen-bond donors (Lipinski definition) is 1. The largest absolute Gasteiger partial charge is 0.376 e. The molecule has 3 unspecified atom stereocenters. The molecule has 1 saturated heterocycles. The Kier molecular flexibility index (Phi) is 4.19. The Bertz CT molecular complexity index is 346. The molecular formula is C15H23NO. The summed E-state index contributed by atoms with van der Waals surface area (Å²) in [5.41, 5.74) is 8.88. The van der Waals surface area contributed by atoms with E-state index in [9.17, 15) is 0 Å². The minimum Gasteiger partial charge on any atom is -0.376 e. The molecule has 94 valence electrons. The first-order chi connectivity index (χ1) is 8.22. The fraction of sp³-hybridized carbons (Fsp3) is 0.600. The van der Waals surface area contributed by atoms with E-state index in [1.54, 1.807) is 0 Å². The van der Waals surface area contributed by atoms with Crippen LogP contribution in [0, 0.1) is 5.92 Å². The zero-order valence-corrected chi connectivity index (χ0v) is 10.9. The Hall–Kier alpha value is -0.860. The normalized spacial score (nSPS) is 26.1. The Labute approximate surface area is 104 Å². The van der Waals surface area contributed by atoms with Gasteiger partial charge in [0.25, 0.3) is 0 Å². The Balaban J connectivity index is 2.05.